The molecule has 0 bridgehead atoms. The molecule has 1 aromatic heterocycles. The van der Waals surface area contributed by atoms with Crippen LogP contribution in [-0.2, 0) is 0 Å². The SMILES string of the molecule is Cc1cc(Oc2cccnc2)ccc1C(N)=O. The van der Waals surface area contributed by atoms with Crippen LogP contribution in [-0.4, -0.2) is 10.9 Å². The molecule has 4 heteroatoms. The van der Waals surface area contributed by atoms with Crippen molar-refractivity contribution in [2.24, 2.45) is 5.73 Å². The van der Waals surface area contributed by atoms with Crippen molar-refractivity contribution in [3.05, 3.63) is 53.9 Å². The fourth-order valence-corrected chi connectivity index (χ4v) is 1.52. The van der Waals surface area contributed by atoms with E-state index in [0.717, 1.165) is 5.56 Å². The van der Waals surface area contributed by atoms with Crippen LogP contribution in [0, 0.1) is 6.92 Å². The topological polar surface area (TPSA) is 65.2 Å². The lowest BCUT2D eigenvalue weighted by Crippen LogP contribution is -2.12. The van der Waals surface area contributed by atoms with E-state index >= 15 is 0 Å². The van der Waals surface area contributed by atoms with Crippen LogP contribution in [0.15, 0.2) is 42.7 Å². The molecule has 2 rings (SSSR count). The summed E-state index contributed by atoms with van der Waals surface area (Å²) in [5, 5.41) is 0. The Hall–Kier alpha value is -2.36. The summed E-state index contributed by atoms with van der Waals surface area (Å²) in [6.45, 7) is 1.82. The van der Waals surface area contributed by atoms with Crippen LogP contribution in [0.25, 0.3) is 0 Å². The minimum atomic E-state index is -0.435. The van der Waals surface area contributed by atoms with Crippen LogP contribution in [0.2, 0.25) is 0 Å². The number of primary amides is 1. The third kappa shape index (κ3) is 2.60. The predicted molar refractivity (Wildman–Crippen MR) is 64.0 cm³/mol. The van der Waals surface area contributed by atoms with Crippen LogP contribution in [0.4, 0.5) is 0 Å². The summed E-state index contributed by atoms with van der Waals surface area (Å²) < 4.78 is 5.58. The van der Waals surface area contributed by atoms with Gasteiger partial charge in [-0.25, -0.2) is 0 Å². The van der Waals surface area contributed by atoms with Gasteiger partial charge < -0.3 is 10.5 Å². The first-order valence-corrected chi connectivity index (χ1v) is 5.15. The number of pyridine rings is 1. The number of aromatic nitrogens is 1. The Labute approximate surface area is 99.1 Å². The zero-order valence-electron chi connectivity index (χ0n) is 9.38. The molecule has 1 amide bonds. The van der Waals surface area contributed by atoms with Gasteiger partial charge >= 0.3 is 0 Å². The van der Waals surface area contributed by atoms with Gasteiger partial charge in [0.15, 0.2) is 0 Å². The molecule has 0 saturated heterocycles. The Morgan fingerprint density at radius 3 is 2.71 bits per heavy atom. The zero-order valence-corrected chi connectivity index (χ0v) is 9.38. The van der Waals surface area contributed by atoms with E-state index in [1.54, 1.807) is 36.7 Å². The second kappa shape index (κ2) is 4.65. The number of benzene rings is 1. The van der Waals surface area contributed by atoms with Crippen LogP contribution >= 0.6 is 0 Å². The second-order valence-electron chi connectivity index (χ2n) is 3.63. The van der Waals surface area contributed by atoms with Crippen molar-refractivity contribution < 1.29 is 9.53 Å². The molecule has 17 heavy (non-hydrogen) atoms. The number of ether oxygens (including phenoxy) is 1. The highest BCUT2D eigenvalue weighted by atomic mass is 16.5. The largest absolute Gasteiger partial charge is 0.456 e. The second-order valence-corrected chi connectivity index (χ2v) is 3.63. The van der Waals surface area contributed by atoms with E-state index in [1.807, 2.05) is 13.0 Å². The number of carbonyl (C=O) groups excluding carboxylic acids is 1. The van der Waals surface area contributed by atoms with Crippen molar-refractivity contribution in [1.29, 1.82) is 0 Å². The fourth-order valence-electron chi connectivity index (χ4n) is 1.52. The average Bonchev–Trinajstić information content (AvgIpc) is 2.30. The Kier molecular flexibility index (Phi) is 3.05. The van der Waals surface area contributed by atoms with E-state index in [4.69, 9.17) is 10.5 Å². The summed E-state index contributed by atoms with van der Waals surface area (Å²) in [5.41, 5.74) is 6.52. The summed E-state index contributed by atoms with van der Waals surface area (Å²) in [6.07, 6.45) is 3.30. The highest BCUT2D eigenvalue weighted by molar-refractivity contribution is 5.94. The molecule has 0 saturated carbocycles. The number of amides is 1. The summed E-state index contributed by atoms with van der Waals surface area (Å²) >= 11 is 0. The molecule has 4 nitrogen and oxygen atoms in total. The summed E-state index contributed by atoms with van der Waals surface area (Å²) in [4.78, 5) is 15.0. The Morgan fingerprint density at radius 2 is 2.12 bits per heavy atom. The highest BCUT2D eigenvalue weighted by Gasteiger charge is 2.06. The van der Waals surface area contributed by atoms with E-state index in [0.29, 0.717) is 17.1 Å². The molecule has 0 atom stereocenters. The van der Waals surface area contributed by atoms with Crippen LogP contribution in [0.1, 0.15) is 15.9 Å². The third-order valence-corrected chi connectivity index (χ3v) is 2.33. The fraction of sp³-hybridized carbons (Fsp3) is 0.0769. The van der Waals surface area contributed by atoms with Gasteiger partial charge in [-0.15, -0.1) is 0 Å². The van der Waals surface area contributed by atoms with E-state index in [2.05, 4.69) is 4.98 Å². The van der Waals surface area contributed by atoms with Crippen LogP contribution in [0.3, 0.4) is 0 Å². The average molecular weight is 228 g/mol. The minimum absolute atomic E-state index is 0.435. The summed E-state index contributed by atoms with van der Waals surface area (Å²) in [5.74, 6) is 0.870. The molecule has 0 aliphatic rings. The molecule has 1 heterocycles. The number of nitrogens with zero attached hydrogens (tertiary/aromatic N) is 1. The van der Waals surface area contributed by atoms with Gasteiger partial charge in [-0.05, 0) is 42.8 Å². The van der Waals surface area contributed by atoms with Crippen molar-refractivity contribution in [2.45, 2.75) is 6.92 Å². The number of carbonyl (C=O) groups is 1. The molecule has 0 radical (unpaired) electrons. The number of hydrogen-bond acceptors (Lipinski definition) is 3. The lowest BCUT2D eigenvalue weighted by molar-refractivity contribution is 0.0999. The quantitative estimate of drug-likeness (QED) is 0.876. The van der Waals surface area contributed by atoms with Gasteiger partial charge in [0.25, 0.3) is 0 Å². The molecular formula is C13H12N2O2. The Bertz CT molecular complexity index is 538. The molecule has 0 spiro atoms. The number of nitrogens with two attached hydrogens (primary N) is 1. The van der Waals surface area contributed by atoms with Gasteiger partial charge in [-0.2, -0.15) is 0 Å². The van der Waals surface area contributed by atoms with E-state index in [9.17, 15) is 4.79 Å². The van der Waals surface area contributed by atoms with Crippen molar-refractivity contribution in [3.8, 4) is 11.5 Å². The standard InChI is InChI=1S/C13H12N2O2/c1-9-7-10(4-5-12(9)13(14)16)17-11-3-2-6-15-8-11/h2-8H,1H3,(H2,14,16). The predicted octanol–water partition coefficient (Wildman–Crippen LogP) is 2.28. The van der Waals surface area contributed by atoms with E-state index in [1.165, 1.54) is 0 Å². The third-order valence-electron chi connectivity index (χ3n) is 2.33. The first-order valence-electron chi connectivity index (χ1n) is 5.15. The van der Waals surface area contributed by atoms with Gasteiger partial charge in [0.05, 0.1) is 6.20 Å². The van der Waals surface area contributed by atoms with E-state index < -0.39 is 5.91 Å². The van der Waals surface area contributed by atoms with Gasteiger partial charge in [0.1, 0.15) is 11.5 Å². The lowest BCUT2D eigenvalue weighted by atomic mass is 10.1. The number of aryl methyl sites for hydroxylation is 1. The number of hydrogen-bond donors (Lipinski definition) is 1. The first-order chi connectivity index (χ1) is 8.16. The Balaban J connectivity index is 2.24. The molecule has 0 aliphatic carbocycles. The molecule has 1 aromatic carbocycles. The Morgan fingerprint density at radius 1 is 1.29 bits per heavy atom. The summed E-state index contributed by atoms with van der Waals surface area (Å²) in [7, 11) is 0. The first kappa shape index (κ1) is 11.1. The summed E-state index contributed by atoms with van der Waals surface area (Å²) in [6, 6.07) is 8.74. The zero-order chi connectivity index (χ0) is 12.3. The molecule has 86 valence electrons. The highest BCUT2D eigenvalue weighted by Crippen LogP contribution is 2.22. The molecule has 0 fully saturated rings. The smallest absolute Gasteiger partial charge is 0.248 e. The van der Waals surface area contributed by atoms with Gasteiger partial charge in [-0.3, -0.25) is 9.78 Å². The lowest BCUT2D eigenvalue weighted by Gasteiger charge is -2.07. The maximum Gasteiger partial charge on any atom is 0.248 e. The molecule has 2 N–H and O–H groups in total. The number of rotatable bonds is 3. The maximum atomic E-state index is 11.1. The van der Waals surface area contributed by atoms with Crippen molar-refractivity contribution >= 4 is 5.91 Å². The van der Waals surface area contributed by atoms with Crippen LogP contribution in [0.5, 0.6) is 11.5 Å². The normalized spacial score (nSPS) is 9.94. The molecular weight excluding hydrogens is 216 g/mol. The molecule has 0 unspecified atom stereocenters. The van der Waals surface area contributed by atoms with Gasteiger partial charge in [-0.1, -0.05) is 0 Å². The van der Waals surface area contributed by atoms with Crippen molar-refractivity contribution in [3.63, 3.8) is 0 Å². The monoisotopic (exact) mass is 228 g/mol. The molecule has 0 aliphatic heterocycles. The minimum Gasteiger partial charge on any atom is -0.456 e. The van der Waals surface area contributed by atoms with E-state index in [-0.39, 0.29) is 0 Å². The molecule has 2 aromatic rings. The van der Waals surface area contributed by atoms with Crippen LogP contribution < -0.4 is 10.5 Å². The van der Waals surface area contributed by atoms with Gasteiger partial charge in [0.2, 0.25) is 5.91 Å². The van der Waals surface area contributed by atoms with Crippen molar-refractivity contribution in [1.82, 2.24) is 4.98 Å². The maximum absolute atomic E-state index is 11.1. The van der Waals surface area contributed by atoms with Gasteiger partial charge in [0, 0.05) is 11.8 Å². The van der Waals surface area contributed by atoms with Crippen molar-refractivity contribution in [2.75, 3.05) is 0 Å².